The van der Waals surface area contributed by atoms with Gasteiger partial charge >= 0.3 is 5.69 Å². The summed E-state index contributed by atoms with van der Waals surface area (Å²) in [4.78, 5) is 22.0. The molecule has 0 spiro atoms. The number of nitrogens with zero attached hydrogens (tertiary/aromatic N) is 3. The molecule has 25 heavy (non-hydrogen) atoms. The average Bonchev–Trinajstić information content (AvgIpc) is 3.20. The number of aryl methyl sites for hydroxylation is 1. The molecule has 1 saturated heterocycles. The molecule has 4 rings (SSSR count). The van der Waals surface area contributed by atoms with Crippen LogP contribution < -0.4 is 11.4 Å². The van der Waals surface area contributed by atoms with Gasteiger partial charge in [-0.2, -0.15) is 4.98 Å². The predicted molar refractivity (Wildman–Crippen MR) is 98.9 cm³/mol. The van der Waals surface area contributed by atoms with Crippen LogP contribution >= 0.6 is 0 Å². The number of nitrogens with one attached hydrogen (secondary N) is 1. The number of rotatable bonds is 4. The Morgan fingerprint density at radius 1 is 1.32 bits per heavy atom. The normalized spacial score (nSPS) is 18.2. The standard InChI is InChI=1S/C19H23N5O/c1-2-16-9-14-11-24(19(25)22-18(14)21-16)17-5-3-13(4-6-17)10-23-8-7-15(20)12-23/h3-6,9,11,15H,2,7-8,10,12,20H2,1H3,(H,21,22,25)/t15-/m1/s1. The van der Waals surface area contributed by atoms with Gasteiger partial charge in [-0.05, 0) is 36.6 Å². The summed E-state index contributed by atoms with van der Waals surface area (Å²) >= 11 is 0. The van der Waals surface area contributed by atoms with E-state index in [-0.39, 0.29) is 5.69 Å². The number of aromatic nitrogens is 3. The van der Waals surface area contributed by atoms with E-state index in [0.29, 0.717) is 11.7 Å². The Hall–Kier alpha value is -2.44. The highest BCUT2D eigenvalue weighted by molar-refractivity contribution is 5.75. The minimum atomic E-state index is -0.268. The lowest BCUT2D eigenvalue weighted by molar-refractivity contribution is 0.327. The maximum atomic E-state index is 12.3. The molecule has 0 radical (unpaired) electrons. The fourth-order valence-electron chi connectivity index (χ4n) is 3.45. The second-order valence-corrected chi connectivity index (χ2v) is 6.80. The Morgan fingerprint density at radius 3 is 2.80 bits per heavy atom. The molecule has 1 atom stereocenters. The van der Waals surface area contributed by atoms with Crippen LogP contribution in [0, 0.1) is 0 Å². The van der Waals surface area contributed by atoms with E-state index in [4.69, 9.17) is 5.73 Å². The highest BCUT2D eigenvalue weighted by Crippen LogP contribution is 2.16. The van der Waals surface area contributed by atoms with Crippen molar-refractivity contribution in [2.75, 3.05) is 13.1 Å². The smallest absolute Gasteiger partial charge is 0.343 e. The first-order valence-corrected chi connectivity index (χ1v) is 8.81. The van der Waals surface area contributed by atoms with Gasteiger partial charge < -0.3 is 10.7 Å². The Morgan fingerprint density at radius 2 is 2.12 bits per heavy atom. The molecular weight excluding hydrogens is 314 g/mol. The van der Waals surface area contributed by atoms with Crippen molar-refractivity contribution in [2.24, 2.45) is 5.73 Å². The monoisotopic (exact) mass is 337 g/mol. The molecule has 1 aliphatic heterocycles. The van der Waals surface area contributed by atoms with Crippen LogP contribution in [0.3, 0.4) is 0 Å². The summed E-state index contributed by atoms with van der Waals surface area (Å²) in [5.74, 6) is 0. The summed E-state index contributed by atoms with van der Waals surface area (Å²) in [6.07, 6.45) is 3.81. The summed E-state index contributed by atoms with van der Waals surface area (Å²) < 4.78 is 1.60. The molecule has 130 valence electrons. The number of hydrogen-bond donors (Lipinski definition) is 2. The summed E-state index contributed by atoms with van der Waals surface area (Å²) in [6.45, 7) is 4.98. The van der Waals surface area contributed by atoms with Crippen LogP contribution in [0.15, 0.2) is 41.3 Å². The molecule has 6 nitrogen and oxygen atoms in total. The van der Waals surface area contributed by atoms with Gasteiger partial charge in [-0.25, -0.2) is 4.79 Å². The van der Waals surface area contributed by atoms with Gasteiger partial charge in [-0.15, -0.1) is 0 Å². The quantitative estimate of drug-likeness (QED) is 0.761. The fourth-order valence-corrected chi connectivity index (χ4v) is 3.45. The second kappa shape index (κ2) is 6.46. The first kappa shape index (κ1) is 16.1. The van der Waals surface area contributed by atoms with Gasteiger partial charge in [0.25, 0.3) is 0 Å². The lowest BCUT2D eigenvalue weighted by Gasteiger charge is -2.15. The van der Waals surface area contributed by atoms with Crippen molar-refractivity contribution in [2.45, 2.75) is 32.4 Å². The van der Waals surface area contributed by atoms with E-state index in [1.165, 1.54) is 5.56 Å². The first-order chi connectivity index (χ1) is 12.1. The van der Waals surface area contributed by atoms with Crippen LogP contribution in [-0.4, -0.2) is 38.6 Å². The maximum Gasteiger partial charge on any atom is 0.354 e. The fraction of sp³-hybridized carbons (Fsp3) is 0.368. The number of fused-ring (bicyclic) bond motifs is 1. The topological polar surface area (TPSA) is 79.9 Å². The van der Waals surface area contributed by atoms with Crippen molar-refractivity contribution in [1.82, 2.24) is 19.4 Å². The average molecular weight is 337 g/mol. The van der Waals surface area contributed by atoms with Crippen LogP contribution in [-0.2, 0) is 13.0 Å². The van der Waals surface area contributed by atoms with Crippen molar-refractivity contribution in [3.63, 3.8) is 0 Å². The molecule has 0 bridgehead atoms. The highest BCUT2D eigenvalue weighted by Gasteiger charge is 2.18. The van der Waals surface area contributed by atoms with Crippen LogP contribution in [0.5, 0.6) is 0 Å². The highest BCUT2D eigenvalue weighted by atomic mass is 16.1. The Bertz CT molecular complexity index is 941. The molecule has 3 N–H and O–H groups in total. The number of aromatic amines is 1. The third kappa shape index (κ3) is 3.23. The lowest BCUT2D eigenvalue weighted by Crippen LogP contribution is -2.26. The van der Waals surface area contributed by atoms with Gasteiger partial charge in [-0.1, -0.05) is 19.1 Å². The SMILES string of the molecule is CCc1cc2cn(-c3ccc(CN4CC[C@@H](N)C4)cc3)c(=O)nc2[nH]1. The molecule has 3 aromatic rings. The van der Waals surface area contributed by atoms with E-state index in [9.17, 15) is 4.79 Å². The van der Waals surface area contributed by atoms with E-state index in [1.54, 1.807) is 4.57 Å². The Labute approximate surface area is 146 Å². The van der Waals surface area contributed by atoms with Gasteiger partial charge in [-0.3, -0.25) is 9.47 Å². The number of benzene rings is 1. The summed E-state index contributed by atoms with van der Waals surface area (Å²) in [7, 11) is 0. The van der Waals surface area contributed by atoms with E-state index in [1.807, 2.05) is 24.4 Å². The molecule has 0 saturated carbocycles. The zero-order valence-electron chi connectivity index (χ0n) is 14.4. The van der Waals surface area contributed by atoms with Crippen LogP contribution in [0.4, 0.5) is 0 Å². The summed E-state index contributed by atoms with van der Waals surface area (Å²) in [5.41, 5.74) is 9.50. The molecule has 3 heterocycles. The zero-order valence-corrected chi connectivity index (χ0v) is 14.4. The van der Waals surface area contributed by atoms with Crippen molar-refractivity contribution in [3.05, 3.63) is 58.3 Å². The Kier molecular flexibility index (Phi) is 4.15. The largest absolute Gasteiger partial charge is 0.354 e. The predicted octanol–water partition coefficient (Wildman–Crippen LogP) is 1.81. The molecule has 0 unspecified atom stereocenters. The van der Waals surface area contributed by atoms with Crippen molar-refractivity contribution in [3.8, 4) is 5.69 Å². The molecule has 6 heteroatoms. The third-order valence-electron chi connectivity index (χ3n) is 4.87. The van der Waals surface area contributed by atoms with E-state index < -0.39 is 0 Å². The van der Waals surface area contributed by atoms with Crippen LogP contribution in [0.1, 0.15) is 24.6 Å². The number of H-pyrrole nitrogens is 1. The third-order valence-corrected chi connectivity index (χ3v) is 4.87. The number of likely N-dealkylation sites (tertiary alicyclic amines) is 1. The van der Waals surface area contributed by atoms with E-state index in [0.717, 1.165) is 49.2 Å². The van der Waals surface area contributed by atoms with Gasteiger partial charge in [0.1, 0.15) is 5.65 Å². The van der Waals surface area contributed by atoms with E-state index >= 15 is 0 Å². The molecule has 1 fully saturated rings. The lowest BCUT2D eigenvalue weighted by atomic mass is 10.2. The number of nitrogens with two attached hydrogens (primary N) is 1. The minimum Gasteiger partial charge on any atom is -0.343 e. The van der Waals surface area contributed by atoms with Crippen LogP contribution in [0.2, 0.25) is 0 Å². The van der Waals surface area contributed by atoms with Gasteiger partial charge in [0.05, 0.1) is 5.69 Å². The van der Waals surface area contributed by atoms with Crippen molar-refractivity contribution in [1.29, 1.82) is 0 Å². The van der Waals surface area contributed by atoms with Crippen molar-refractivity contribution >= 4 is 11.0 Å². The number of hydrogen-bond acceptors (Lipinski definition) is 4. The Balaban J connectivity index is 1.60. The van der Waals surface area contributed by atoms with Gasteiger partial charge in [0, 0.05) is 43.0 Å². The zero-order chi connectivity index (χ0) is 17.4. The molecule has 1 aromatic carbocycles. The molecule has 0 aliphatic carbocycles. The molecule has 0 amide bonds. The first-order valence-electron chi connectivity index (χ1n) is 8.81. The summed E-state index contributed by atoms with van der Waals surface area (Å²) in [6, 6.07) is 10.4. The second-order valence-electron chi connectivity index (χ2n) is 6.80. The van der Waals surface area contributed by atoms with E-state index in [2.05, 4.69) is 33.9 Å². The minimum absolute atomic E-state index is 0.268. The summed E-state index contributed by atoms with van der Waals surface area (Å²) in [5, 5.41) is 0.951. The van der Waals surface area contributed by atoms with Gasteiger partial charge in [0.15, 0.2) is 0 Å². The van der Waals surface area contributed by atoms with Gasteiger partial charge in [0.2, 0.25) is 0 Å². The maximum absolute atomic E-state index is 12.3. The molecule has 2 aromatic heterocycles. The van der Waals surface area contributed by atoms with Crippen LogP contribution in [0.25, 0.3) is 16.7 Å². The molecule has 1 aliphatic rings. The van der Waals surface area contributed by atoms with Crippen molar-refractivity contribution < 1.29 is 0 Å². The molecular formula is C19H23N5O.